The van der Waals surface area contributed by atoms with E-state index in [1.54, 1.807) is 11.1 Å². The Morgan fingerprint density at radius 3 is 2.83 bits per heavy atom. The highest BCUT2D eigenvalue weighted by atomic mass is 32.1. The second-order valence-electron chi connectivity index (χ2n) is 5.56. The molecule has 0 radical (unpaired) electrons. The maximum atomic E-state index is 2.45. The molecule has 0 aliphatic heterocycles. The van der Waals surface area contributed by atoms with Gasteiger partial charge in [-0.2, -0.15) is 0 Å². The van der Waals surface area contributed by atoms with Crippen molar-refractivity contribution in [2.24, 2.45) is 5.92 Å². The number of hydrogen-bond acceptors (Lipinski definition) is 1. The van der Waals surface area contributed by atoms with E-state index in [9.17, 15) is 0 Å². The van der Waals surface area contributed by atoms with E-state index in [1.807, 2.05) is 11.3 Å². The molecule has 0 nitrogen and oxygen atoms in total. The van der Waals surface area contributed by atoms with E-state index < -0.39 is 0 Å². The van der Waals surface area contributed by atoms with Crippen molar-refractivity contribution in [3.63, 3.8) is 0 Å². The quantitative estimate of drug-likeness (QED) is 0.517. The average Bonchev–Trinajstić information content (AvgIpc) is 2.73. The van der Waals surface area contributed by atoms with Gasteiger partial charge in [0.25, 0.3) is 0 Å². The fourth-order valence-electron chi connectivity index (χ4n) is 3.16. The molecule has 2 aromatic carbocycles. The SMILES string of the molecule is CC1CCc2cc3c(cc2C1)sc1ccccc13. The lowest BCUT2D eigenvalue weighted by Crippen LogP contribution is -2.10. The van der Waals surface area contributed by atoms with Gasteiger partial charge in [0.1, 0.15) is 0 Å². The zero-order chi connectivity index (χ0) is 12.1. The zero-order valence-electron chi connectivity index (χ0n) is 10.6. The number of aryl methyl sites for hydroxylation is 1. The van der Waals surface area contributed by atoms with Crippen LogP contribution in [0, 0.1) is 5.92 Å². The first-order chi connectivity index (χ1) is 8.81. The zero-order valence-corrected chi connectivity index (χ0v) is 11.4. The molecule has 1 unspecified atom stereocenters. The van der Waals surface area contributed by atoms with E-state index in [4.69, 9.17) is 0 Å². The number of thiophene rings is 1. The molecule has 1 atom stereocenters. The summed E-state index contributed by atoms with van der Waals surface area (Å²) in [5.74, 6) is 0.851. The Morgan fingerprint density at radius 1 is 1.00 bits per heavy atom. The fourth-order valence-corrected chi connectivity index (χ4v) is 4.31. The van der Waals surface area contributed by atoms with Gasteiger partial charge in [-0.3, -0.25) is 0 Å². The van der Waals surface area contributed by atoms with E-state index in [1.165, 1.54) is 39.4 Å². The molecule has 0 saturated carbocycles. The monoisotopic (exact) mass is 252 g/mol. The molecular weight excluding hydrogens is 236 g/mol. The Balaban J connectivity index is 2.04. The van der Waals surface area contributed by atoms with Crippen molar-refractivity contribution in [1.29, 1.82) is 0 Å². The van der Waals surface area contributed by atoms with Gasteiger partial charge in [0.2, 0.25) is 0 Å². The van der Waals surface area contributed by atoms with Crippen molar-refractivity contribution in [3.05, 3.63) is 47.5 Å². The number of rotatable bonds is 0. The first-order valence-electron chi connectivity index (χ1n) is 6.74. The second kappa shape index (κ2) is 3.83. The lowest BCUT2D eigenvalue weighted by molar-refractivity contribution is 0.502. The van der Waals surface area contributed by atoms with E-state index >= 15 is 0 Å². The van der Waals surface area contributed by atoms with Crippen LogP contribution in [0.4, 0.5) is 0 Å². The predicted octanol–water partition coefficient (Wildman–Crippen LogP) is 5.18. The van der Waals surface area contributed by atoms with E-state index in [-0.39, 0.29) is 0 Å². The Bertz CT molecular complexity index is 736. The van der Waals surface area contributed by atoms with Crippen LogP contribution in [0.1, 0.15) is 24.5 Å². The highest BCUT2D eigenvalue weighted by molar-refractivity contribution is 7.25. The standard InChI is InChI=1S/C17H16S/c1-11-6-7-12-9-15-14-4-2-3-5-16(14)18-17(15)10-13(12)8-11/h2-5,9-11H,6-8H2,1H3. The molecule has 1 heteroatoms. The largest absolute Gasteiger partial charge is 0.135 e. The predicted molar refractivity (Wildman–Crippen MR) is 80.5 cm³/mol. The van der Waals surface area contributed by atoms with Gasteiger partial charge in [-0.05, 0) is 54.5 Å². The highest BCUT2D eigenvalue weighted by Crippen LogP contribution is 2.37. The summed E-state index contributed by atoms with van der Waals surface area (Å²) in [6.45, 7) is 2.37. The van der Waals surface area contributed by atoms with Gasteiger partial charge in [-0.15, -0.1) is 11.3 Å². The van der Waals surface area contributed by atoms with Crippen molar-refractivity contribution >= 4 is 31.5 Å². The van der Waals surface area contributed by atoms with Crippen LogP contribution in [0.2, 0.25) is 0 Å². The van der Waals surface area contributed by atoms with Crippen molar-refractivity contribution in [3.8, 4) is 0 Å². The lowest BCUT2D eigenvalue weighted by atomic mass is 9.84. The van der Waals surface area contributed by atoms with Crippen LogP contribution in [-0.2, 0) is 12.8 Å². The van der Waals surface area contributed by atoms with Crippen LogP contribution in [-0.4, -0.2) is 0 Å². The summed E-state index contributed by atoms with van der Waals surface area (Å²) < 4.78 is 2.88. The van der Waals surface area contributed by atoms with Crippen LogP contribution < -0.4 is 0 Å². The molecule has 18 heavy (non-hydrogen) atoms. The third kappa shape index (κ3) is 1.50. The number of benzene rings is 2. The summed E-state index contributed by atoms with van der Waals surface area (Å²) >= 11 is 1.94. The third-order valence-corrected chi connectivity index (χ3v) is 5.31. The van der Waals surface area contributed by atoms with Gasteiger partial charge in [-0.1, -0.05) is 25.1 Å². The van der Waals surface area contributed by atoms with Gasteiger partial charge in [0.15, 0.2) is 0 Å². The molecule has 1 heterocycles. The smallest absolute Gasteiger partial charge is 0.0358 e. The molecule has 0 bridgehead atoms. The normalized spacial score (nSPS) is 19.3. The number of hydrogen-bond donors (Lipinski definition) is 0. The summed E-state index contributed by atoms with van der Waals surface area (Å²) in [4.78, 5) is 0. The molecule has 90 valence electrons. The minimum absolute atomic E-state index is 0.851. The topological polar surface area (TPSA) is 0 Å². The van der Waals surface area contributed by atoms with Crippen LogP contribution in [0.3, 0.4) is 0 Å². The van der Waals surface area contributed by atoms with Gasteiger partial charge >= 0.3 is 0 Å². The van der Waals surface area contributed by atoms with Crippen molar-refractivity contribution in [1.82, 2.24) is 0 Å². The molecule has 1 aliphatic rings. The van der Waals surface area contributed by atoms with E-state index in [0.717, 1.165) is 5.92 Å². The van der Waals surface area contributed by atoms with Crippen LogP contribution in [0.5, 0.6) is 0 Å². The molecule has 1 aliphatic carbocycles. The van der Waals surface area contributed by atoms with Gasteiger partial charge in [-0.25, -0.2) is 0 Å². The first-order valence-corrected chi connectivity index (χ1v) is 7.56. The molecule has 0 N–H and O–H groups in total. The number of fused-ring (bicyclic) bond motifs is 4. The molecular formula is C17H16S. The van der Waals surface area contributed by atoms with E-state index in [0.29, 0.717) is 0 Å². The maximum absolute atomic E-state index is 2.45. The molecule has 0 spiro atoms. The molecule has 1 aromatic heterocycles. The summed E-state index contributed by atoms with van der Waals surface area (Å²) in [6.07, 6.45) is 3.87. The Kier molecular flexibility index (Phi) is 2.25. The fraction of sp³-hybridized carbons (Fsp3) is 0.294. The first kappa shape index (κ1) is 10.6. The second-order valence-corrected chi connectivity index (χ2v) is 6.65. The van der Waals surface area contributed by atoms with E-state index in [2.05, 4.69) is 43.3 Å². The lowest BCUT2D eigenvalue weighted by Gasteiger charge is -2.21. The minimum Gasteiger partial charge on any atom is -0.135 e. The molecule has 3 aromatic rings. The third-order valence-electron chi connectivity index (χ3n) is 4.17. The minimum atomic E-state index is 0.851. The van der Waals surface area contributed by atoms with Crippen molar-refractivity contribution < 1.29 is 0 Å². The van der Waals surface area contributed by atoms with Gasteiger partial charge < -0.3 is 0 Å². The Morgan fingerprint density at radius 2 is 1.89 bits per heavy atom. The van der Waals surface area contributed by atoms with Gasteiger partial charge in [0.05, 0.1) is 0 Å². The summed E-state index contributed by atoms with van der Waals surface area (Å²) in [6, 6.07) is 13.7. The Labute approximate surface area is 111 Å². The summed E-state index contributed by atoms with van der Waals surface area (Å²) in [7, 11) is 0. The summed E-state index contributed by atoms with van der Waals surface area (Å²) in [5.41, 5.74) is 3.18. The molecule has 0 fully saturated rings. The van der Waals surface area contributed by atoms with Crippen LogP contribution in [0.15, 0.2) is 36.4 Å². The molecule has 0 saturated heterocycles. The molecule has 4 rings (SSSR count). The Hall–Kier alpha value is -1.34. The molecule has 0 amide bonds. The van der Waals surface area contributed by atoms with Gasteiger partial charge in [0, 0.05) is 20.2 Å². The highest BCUT2D eigenvalue weighted by Gasteiger charge is 2.17. The van der Waals surface area contributed by atoms with Crippen LogP contribution in [0.25, 0.3) is 20.2 Å². The van der Waals surface area contributed by atoms with Crippen molar-refractivity contribution in [2.45, 2.75) is 26.2 Å². The average molecular weight is 252 g/mol. The maximum Gasteiger partial charge on any atom is 0.0358 e. The van der Waals surface area contributed by atoms with Crippen LogP contribution >= 0.6 is 11.3 Å². The summed E-state index contributed by atoms with van der Waals surface area (Å²) in [5, 5.41) is 2.89. The van der Waals surface area contributed by atoms with Crippen molar-refractivity contribution in [2.75, 3.05) is 0 Å².